The number of carbonyl (C=O) groups excluding carboxylic acids is 3. The second-order valence-corrected chi connectivity index (χ2v) is 11.6. The Balaban J connectivity index is 1.53. The molecule has 41 heavy (non-hydrogen) atoms. The number of nitrogens with one attached hydrogen (secondary N) is 2. The van der Waals surface area contributed by atoms with Crippen molar-refractivity contribution < 1.29 is 24.2 Å². The Bertz CT molecular complexity index is 1110. The molecule has 3 N–H and O–H groups in total. The van der Waals surface area contributed by atoms with Gasteiger partial charge in [-0.2, -0.15) is 0 Å². The second kappa shape index (κ2) is 17.0. The molecule has 1 aliphatic carbocycles. The standard InChI is InChI=1S/C32H44ClN3O5/c1-23(26-13-7-4-8-14-26)20-36(2)30(38)17-16-28(21-37)34-31(39)29(19-24-10-5-3-6-11-24)35-32(40)41-22-25-12-9-15-27(33)18-25/h4,7-9,12-15,18,23-24,28-29,37H,3,5-6,10-11,16-17,19-22H2,1-2H3,(H,34,39)(H,35,40)/t23?,28-,29-/m0/s1. The van der Waals surface area contributed by atoms with E-state index in [0.717, 1.165) is 36.8 Å². The van der Waals surface area contributed by atoms with Crippen molar-refractivity contribution in [3.05, 3.63) is 70.7 Å². The van der Waals surface area contributed by atoms with Crippen LogP contribution in [-0.4, -0.2) is 60.2 Å². The van der Waals surface area contributed by atoms with Crippen LogP contribution in [0.1, 0.15) is 75.3 Å². The lowest BCUT2D eigenvalue weighted by molar-refractivity contribution is -0.131. The van der Waals surface area contributed by atoms with Crippen molar-refractivity contribution in [2.75, 3.05) is 20.2 Å². The molecule has 0 heterocycles. The predicted octanol–water partition coefficient (Wildman–Crippen LogP) is 5.42. The van der Waals surface area contributed by atoms with Gasteiger partial charge < -0.3 is 25.4 Å². The van der Waals surface area contributed by atoms with Crippen LogP contribution < -0.4 is 10.6 Å². The Morgan fingerprint density at radius 3 is 2.46 bits per heavy atom. The first-order chi connectivity index (χ1) is 19.7. The topological polar surface area (TPSA) is 108 Å². The molecule has 3 amide bonds. The normalized spacial score (nSPS) is 15.8. The molecule has 3 atom stereocenters. The fraction of sp³-hybridized carbons (Fsp3) is 0.531. The van der Waals surface area contributed by atoms with E-state index in [1.807, 2.05) is 30.3 Å². The van der Waals surface area contributed by atoms with Crippen LogP contribution in [-0.2, 0) is 20.9 Å². The van der Waals surface area contributed by atoms with E-state index in [4.69, 9.17) is 16.3 Å². The molecular weight excluding hydrogens is 542 g/mol. The van der Waals surface area contributed by atoms with Gasteiger partial charge in [-0.15, -0.1) is 0 Å². The number of benzene rings is 2. The van der Waals surface area contributed by atoms with Gasteiger partial charge in [0.05, 0.1) is 12.6 Å². The van der Waals surface area contributed by atoms with Crippen LogP contribution in [0.4, 0.5) is 4.79 Å². The van der Waals surface area contributed by atoms with Crippen LogP contribution in [0, 0.1) is 5.92 Å². The zero-order chi connectivity index (χ0) is 29.6. The molecule has 2 aromatic carbocycles. The maximum absolute atomic E-state index is 13.3. The van der Waals surface area contributed by atoms with Crippen LogP contribution in [0.25, 0.3) is 0 Å². The van der Waals surface area contributed by atoms with Gasteiger partial charge in [-0.05, 0) is 47.9 Å². The predicted molar refractivity (Wildman–Crippen MR) is 160 cm³/mol. The summed E-state index contributed by atoms with van der Waals surface area (Å²) in [4.78, 5) is 40.5. The van der Waals surface area contributed by atoms with E-state index in [0.29, 0.717) is 30.3 Å². The van der Waals surface area contributed by atoms with E-state index in [1.54, 1.807) is 36.2 Å². The van der Waals surface area contributed by atoms with E-state index < -0.39 is 18.2 Å². The van der Waals surface area contributed by atoms with Crippen molar-refractivity contribution in [1.82, 2.24) is 15.5 Å². The maximum atomic E-state index is 13.3. The number of hydrogen-bond donors (Lipinski definition) is 3. The molecular formula is C32H44ClN3O5. The summed E-state index contributed by atoms with van der Waals surface area (Å²) < 4.78 is 5.36. The highest BCUT2D eigenvalue weighted by atomic mass is 35.5. The number of nitrogens with zero attached hydrogens (tertiary/aromatic N) is 1. The minimum atomic E-state index is -0.802. The Labute approximate surface area is 248 Å². The average Bonchev–Trinajstić information content (AvgIpc) is 2.98. The molecule has 1 unspecified atom stereocenters. The highest BCUT2D eigenvalue weighted by Gasteiger charge is 2.28. The number of likely N-dealkylation sites (N-methyl/N-ethyl adjacent to an activating group) is 1. The van der Waals surface area contributed by atoms with Gasteiger partial charge in [0.1, 0.15) is 12.6 Å². The van der Waals surface area contributed by atoms with Crippen molar-refractivity contribution in [1.29, 1.82) is 0 Å². The molecule has 0 bridgehead atoms. The van der Waals surface area contributed by atoms with Crippen molar-refractivity contribution >= 4 is 29.5 Å². The third-order valence-corrected chi connectivity index (χ3v) is 8.01. The Kier molecular flexibility index (Phi) is 13.4. The Morgan fingerprint density at radius 2 is 1.78 bits per heavy atom. The van der Waals surface area contributed by atoms with Gasteiger partial charge in [0.2, 0.25) is 11.8 Å². The van der Waals surface area contributed by atoms with Gasteiger partial charge in [-0.25, -0.2) is 4.79 Å². The summed E-state index contributed by atoms with van der Waals surface area (Å²) in [5.74, 6) is 0.0701. The van der Waals surface area contributed by atoms with Gasteiger partial charge in [-0.1, -0.05) is 93.1 Å². The molecule has 1 aliphatic rings. The number of aliphatic hydroxyl groups is 1. The third kappa shape index (κ3) is 11.4. The quantitative estimate of drug-likeness (QED) is 0.274. The van der Waals surface area contributed by atoms with E-state index in [2.05, 4.69) is 17.6 Å². The van der Waals surface area contributed by atoms with Gasteiger partial charge in [0.15, 0.2) is 0 Å². The van der Waals surface area contributed by atoms with E-state index in [1.165, 1.54) is 6.42 Å². The van der Waals surface area contributed by atoms with Crippen LogP contribution in [0.2, 0.25) is 5.02 Å². The lowest BCUT2D eigenvalue weighted by atomic mass is 9.84. The largest absolute Gasteiger partial charge is 0.445 e. The lowest BCUT2D eigenvalue weighted by Gasteiger charge is -2.28. The summed E-state index contributed by atoms with van der Waals surface area (Å²) in [6.45, 7) is 2.37. The highest BCUT2D eigenvalue weighted by molar-refractivity contribution is 6.30. The molecule has 1 fully saturated rings. The van der Waals surface area contributed by atoms with Gasteiger partial charge in [0, 0.05) is 25.0 Å². The summed E-state index contributed by atoms with van der Waals surface area (Å²) in [7, 11) is 1.77. The maximum Gasteiger partial charge on any atom is 0.408 e. The molecule has 2 aromatic rings. The Morgan fingerprint density at radius 1 is 1.05 bits per heavy atom. The minimum Gasteiger partial charge on any atom is -0.445 e. The highest BCUT2D eigenvalue weighted by Crippen LogP contribution is 2.27. The van der Waals surface area contributed by atoms with E-state index in [9.17, 15) is 19.5 Å². The minimum absolute atomic E-state index is 0.0297. The van der Waals surface area contributed by atoms with Crippen LogP contribution in [0.5, 0.6) is 0 Å². The number of halogens is 1. The Hall–Kier alpha value is -3.10. The summed E-state index contributed by atoms with van der Waals surface area (Å²) >= 11 is 6.01. The number of ether oxygens (including phenoxy) is 1. The summed E-state index contributed by atoms with van der Waals surface area (Å²) in [5, 5.41) is 16.1. The monoisotopic (exact) mass is 585 g/mol. The number of alkyl carbamates (subject to hydrolysis) is 1. The molecule has 9 heteroatoms. The van der Waals surface area contributed by atoms with Crippen molar-refractivity contribution in [2.24, 2.45) is 5.92 Å². The summed E-state index contributed by atoms with van der Waals surface area (Å²) in [5.41, 5.74) is 1.91. The number of aliphatic hydroxyl groups excluding tert-OH is 1. The molecule has 0 spiro atoms. The van der Waals surface area contributed by atoms with Gasteiger partial charge in [0.25, 0.3) is 0 Å². The van der Waals surface area contributed by atoms with E-state index >= 15 is 0 Å². The van der Waals surface area contributed by atoms with Crippen LogP contribution in [0.15, 0.2) is 54.6 Å². The van der Waals surface area contributed by atoms with Crippen molar-refractivity contribution in [3.63, 3.8) is 0 Å². The van der Waals surface area contributed by atoms with Crippen LogP contribution in [0.3, 0.4) is 0 Å². The van der Waals surface area contributed by atoms with Crippen molar-refractivity contribution in [2.45, 2.75) is 82.9 Å². The first-order valence-electron chi connectivity index (χ1n) is 14.6. The van der Waals surface area contributed by atoms with Crippen molar-refractivity contribution in [3.8, 4) is 0 Å². The number of rotatable bonds is 14. The fourth-order valence-corrected chi connectivity index (χ4v) is 5.56. The number of amides is 3. The first-order valence-corrected chi connectivity index (χ1v) is 15.0. The molecule has 3 rings (SSSR count). The summed E-state index contributed by atoms with van der Waals surface area (Å²) in [6, 6.07) is 15.7. The van der Waals surface area contributed by atoms with Gasteiger partial charge >= 0.3 is 6.09 Å². The first kappa shape index (κ1) is 32.4. The lowest BCUT2D eigenvalue weighted by Crippen LogP contribution is -2.51. The fourth-order valence-electron chi connectivity index (χ4n) is 5.35. The smallest absolute Gasteiger partial charge is 0.408 e. The van der Waals surface area contributed by atoms with Gasteiger partial charge in [-0.3, -0.25) is 9.59 Å². The second-order valence-electron chi connectivity index (χ2n) is 11.2. The van der Waals surface area contributed by atoms with Crippen LogP contribution >= 0.6 is 11.6 Å². The summed E-state index contributed by atoms with van der Waals surface area (Å²) in [6.07, 6.45) is 5.70. The number of carbonyl (C=O) groups is 3. The molecule has 1 saturated carbocycles. The zero-order valence-electron chi connectivity index (χ0n) is 24.2. The average molecular weight is 586 g/mol. The molecule has 0 saturated heterocycles. The molecule has 0 radical (unpaired) electrons. The van der Waals surface area contributed by atoms with E-state index in [-0.39, 0.29) is 37.4 Å². The molecule has 0 aliphatic heterocycles. The molecule has 0 aromatic heterocycles. The third-order valence-electron chi connectivity index (χ3n) is 7.78. The SMILES string of the molecule is CC(CN(C)C(=O)CC[C@@H](CO)NC(=O)[C@H](CC1CCCCC1)NC(=O)OCc1cccc(Cl)c1)c1ccccc1. The molecule has 8 nitrogen and oxygen atoms in total. The zero-order valence-corrected chi connectivity index (χ0v) is 24.9. The molecule has 224 valence electrons. The number of hydrogen-bond acceptors (Lipinski definition) is 5.